The number of methoxy groups -OCH3 is 1. The zero-order chi connectivity index (χ0) is 23.1. The standard InChI is InChI=1S/C25H20N6O2/c1-27-24-17(6-7-21-19(24)9-15(33-3)11-28-21)25-20(12-30-31(25)2)14-4-5-16-18(8-14)22(10-26)29-13-23(16)32/h4-9,11-12H,10,13,26H2,2-3H3. The van der Waals surface area contributed by atoms with Crippen molar-refractivity contribution in [2.45, 2.75) is 0 Å². The first kappa shape index (κ1) is 20.5. The summed E-state index contributed by atoms with van der Waals surface area (Å²) in [6.45, 7) is 8.28. The highest BCUT2D eigenvalue weighted by atomic mass is 16.5. The van der Waals surface area contributed by atoms with Gasteiger partial charge in [-0.2, -0.15) is 5.10 Å². The number of ketones is 1. The summed E-state index contributed by atoms with van der Waals surface area (Å²) in [6.07, 6.45) is 3.40. The van der Waals surface area contributed by atoms with Gasteiger partial charge in [0, 0.05) is 41.2 Å². The van der Waals surface area contributed by atoms with Gasteiger partial charge in [-0.05, 0) is 23.8 Å². The van der Waals surface area contributed by atoms with Crippen LogP contribution in [0.4, 0.5) is 5.69 Å². The number of rotatable bonds is 4. The lowest BCUT2D eigenvalue weighted by Crippen LogP contribution is -2.24. The van der Waals surface area contributed by atoms with Gasteiger partial charge < -0.3 is 10.5 Å². The molecule has 0 saturated carbocycles. The van der Waals surface area contributed by atoms with E-state index < -0.39 is 0 Å². The topological polar surface area (TPSA) is 99.8 Å². The van der Waals surface area contributed by atoms with Crippen LogP contribution in [0.2, 0.25) is 0 Å². The van der Waals surface area contributed by atoms with Crippen LogP contribution >= 0.6 is 0 Å². The number of benzene rings is 2. The maximum absolute atomic E-state index is 12.3. The largest absolute Gasteiger partial charge is 0.495 e. The smallest absolute Gasteiger partial charge is 0.205 e. The van der Waals surface area contributed by atoms with E-state index in [1.54, 1.807) is 24.2 Å². The number of carbonyl (C=O) groups excluding carboxylic acids is 1. The Morgan fingerprint density at radius 1 is 1.12 bits per heavy atom. The average molecular weight is 436 g/mol. The van der Waals surface area contributed by atoms with E-state index in [1.807, 2.05) is 43.4 Å². The zero-order valence-corrected chi connectivity index (χ0v) is 18.2. The van der Waals surface area contributed by atoms with E-state index in [4.69, 9.17) is 17.0 Å². The van der Waals surface area contributed by atoms with Crippen LogP contribution in [0.3, 0.4) is 0 Å². The summed E-state index contributed by atoms with van der Waals surface area (Å²) in [7, 11) is 3.42. The van der Waals surface area contributed by atoms with E-state index in [0.717, 1.165) is 27.9 Å². The highest BCUT2D eigenvalue weighted by Crippen LogP contribution is 2.42. The van der Waals surface area contributed by atoms with Gasteiger partial charge in [0.25, 0.3) is 0 Å². The molecule has 33 heavy (non-hydrogen) atoms. The Balaban J connectivity index is 1.73. The Morgan fingerprint density at radius 3 is 2.70 bits per heavy atom. The number of aliphatic imine (C=N–C) groups is 1. The van der Waals surface area contributed by atoms with Gasteiger partial charge in [0.1, 0.15) is 12.3 Å². The number of aromatic nitrogens is 3. The van der Waals surface area contributed by atoms with Gasteiger partial charge in [-0.25, -0.2) is 4.85 Å². The summed E-state index contributed by atoms with van der Waals surface area (Å²) >= 11 is 0. The molecule has 8 heteroatoms. The summed E-state index contributed by atoms with van der Waals surface area (Å²) in [4.78, 5) is 24.9. The third-order valence-corrected chi connectivity index (χ3v) is 5.90. The summed E-state index contributed by atoms with van der Waals surface area (Å²) in [5.74, 6) is 0.564. The fraction of sp³-hybridized carbons (Fsp3) is 0.160. The number of nitrogens with two attached hydrogens (primary N) is 1. The SMILES string of the molecule is [C-]#[N+]c1c(-c2c(-c3ccc4c(c3)C(CN)=NCC4=O)cnn2C)ccc2ncc(OC)cc12. The fourth-order valence-corrected chi connectivity index (χ4v) is 4.26. The van der Waals surface area contributed by atoms with E-state index in [-0.39, 0.29) is 18.9 Å². The van der Waals surface area contributed by atoms with Crippen molar-refractivity contribution in [1.29, 1.82) is 0 Å². The third-order valence-electron chi connectivity index (χ3n) is 5.90. The molecule has 162 valence electrons. The summed E-state index contributed by atoms with van der Waals surface area (Å²) in [6, 6.07) is 11.3. The number of nitrogens with zero attached hydrogens (tertiary/aromatic N) is 5. The minimum Gasteiger partial charge on any atom is -0.495 e. The molecule has 0 aliphatic carbocycles. The minimum atomic E-state index is -0.0218. The Labute approximate surface area is 190 Å². The van der Waals surface area contributed by atoms with Crippen molar-refractivity contribution in [2.75, 3.05) is 20.2 Å². The van der Waals surface area contributed by atoms with Crippen molar-refractivity contribution in [3.05, 3.63) is 71.3 Å². The van der Waals surface area contributed by atoms with Gasteiger partial charge in [-0.1, -0.05) is 18.2 Å². The Kier molecular flexibility index (Phi) is 4.96. The molecular weight excluding hydrogens is 416 g/mol. The summed E-state index contributed by atoms with van der Waals surface area (Å²) in [5.41, 5.74) is 12.4. The predicted molar refractivity (Wildman–Crippen MR) is 127 cm³/mol. The number of pyridine rings is 1. The average Bonchev–Trinajstić information content (AvgIpc) is 3.24. The molecule has 2 N–H and O–H groups in total. The Bertz CT molecular complexity index is 1510. The molecule has 0 atom stereocenters. The molecule has 4 aromatic rings. The lowest BCUT2D eigenvalue weighted by Gasteiger charge is -2.17. The molecule has 8 nitrogen and oxygen atoms in total. The van der Waals surface area contributed by atoms with Crippen molar-refractivity contribution in [3.8, 4) is 28.1 Å². The molecule has 0 radical (unpaired) electrons. The van der Waals surface area contributed by atoms with Crippen LogP contribution in [-0.2, 0) is 7.05 Å². The number of hydrogen-bond donors (Lipinski definition) is 1. The molecule has 5 rings (SSSR count). The molecule has 2 aromatic heterocycles. The quantitative estimate of drug-likeness (QED) is 0.491. The van der Waals surface area contributed by atoms with Crippen LogP contribution in [0.25, 0.3) is 38.1 Å². The molecule has 1 aliphatic heterocycles. The maximum atomic E-state index is 12.3. The number of hydrogen-bond acceptors (Lipinski definition) is 6. The maximum Gasteiger partial charge on any atom is 0.205 e. The van der Waals surface area contributed by atoms with E-state index in [0.29, 0.717) is 33.6 Å². The molecule has 0 spiro atoms. The van der Waals surface area contributed by atoms with Gasteiger partial charge >= 0.3 is 0 Å². The number of aryl methyl sites for hydroxylation is 1. The molecule has 0 fully saturated rings. The summed E-state index contributed by atoms with van der Waals surface area (Å²) in [5, 5.41) is 5.19. The normalized spacial score (nSPS) is 12.9. The van der Waals surface area contributed by atoms with Crippen LogP contribution < -0.4 is 10.5 Å². The highest BCUT2D eigenvalue weighted by molar-refractivity contribution is 6.16. The molecule has 3 heterocycles. The zero-order valence-electron chi connectivity index (χ0n) is 18.2. The third kappa shape index (κ3) is 3.26. The second-order valence-electron chi connectivity index (χ2n) is 7.70. The lowest BCUT2D eigenvalue weighted by atomic mass is 9.91. The van der Waals surface area contributed by atoms with Gasteiger partial charge in [-0.3, -0.25) is 19.5 Å². The van der Waals surface area contributed by atoms with Crippen molar-refractivity contribution in [2.24, 2.45) is 17.8 Å². The van der Waals surface area contributed by atoms with Crippen molar-refractivity contribution in [1.82, 2.24) is 14.8 Å². The molecule has 0 amide bonds. The van der Waals surface area contributed by atoms with Crippen molar-refractivity contribution in [3.63, 3.8) is 0 Å². The van der Waals surface area contributed by atoms with E-state index >= 15 is 0 Å². The Morgan fingerprint density at radius 2 is 1.94 bits per heavy atom. The van der Waals surface area contributed by atoms with Gasteiger partial charge in [0.15, 0.2) is 5.78 Å². The van der Waals surface area contributed by atoms with Crippen LogP contribution in [0.15, 0.2) is 53.8 Å². The molecule has 0 unspecified atom stereocenters. The molecule has 2 aromatic carbocycles. The van der Waals surface area contributed by atoms with E-state index in [1.165, 1.54) is 0 Å². The number of fused-ring (bicyclic) bond motifs is 2. The van der Waals surface area contributed by atoms with Crippen LogP contribution in [0.1, 0.15) is 15.9 Å². The highest BCUT2D eigenvalue weighted by Gasteiger charge is 2.23. The van der Waals surface area contributed by atoms with E-state index in [2.05, 4.69) is 19.9 Å². The number of ether oxygens (including phenoxy) is 1. The summed E-state index contributed by atoms with van der Waals surface area (Å²) < 4.78 is 7.07. The van der Waals surface area contributed by atoms with Gasteiger partial charge in [-0.15, -0.1) is 0 Å². The first-order valence-corrected chi connectivity index (χ1v) is 10.3. The molecule has 0 saturated heterocycles. The predicted octanol–water partition coefficient (Wildman–Crippen LogP) is 3.81. The van der Waals surface area contributed by atoms with Crippen molar-refractivity contribution < 1.29 is 9.53 Å². The minimum absolute atomic E-state index is 0.0218. The van der Waals surface area contributed by atoms with Gasteiger partial charge in [0.05, 0.1) is 43.0 Å². The monoisotopic (exact) mass is 436 g/mol. The lowest BCUT2D eigenvalue weighted by molar-refractivity contribution is 0.1000. The van der Waals surface area contributed by atoms with E-state index in [9.17, 15) is 4.79 Å². The molecule has 0 bridgehead atoms. The second-order valence-corrected chi connectivity index (χ2v) is 7.70. The van der Waals surface area contributed by atoms with Crippen molar-refractivity contribution >= 4 is 28.1 Å². The first-order valence-electron chi connectivity index (χ1n) is 10.3. The molecular formula is C25H20N6O2. The number of Topliss-reactive ketones (excluding diaryl/α,β-unsaturated/α-hetero) is 1. The van der Waals surface area contributed by atoms with Crippen LogP contribution in [-0.4, -0.2) is 46.5 Å². The van der Waals surface area contributed by atoms with Crippen LogP contribution in [0, 0.1) is 6.57 Å². The Hall–Kier alpha value is -4.35. The number of carbonyl (C=O) groups is 1. The fourth-order valence-electron chi connectivity index (χ4n) is 4.26. The first-order chi connectivity index (χ1) is 16.0. The second kappa shape index (κ2) is 7.97. The van der Waals surface area contributed by atoms with Gasteiger partial charge in [0.2, 0.25) is 5.69 Å². The van der Waals surface area contributed by atoms with Crippen LogP contribution in [0.5, 0.6) is 5.75 Å². The molecule has 1 aliphatic rings.